The lowest BCUT2D eigenvalue weighted by atomic mass is 10.1. The van der Waals surface area contributed by atoms with Gasteiger partial charge in [0, 0.05) is 11.1 Å². The second kappa shape index (κ2) is 8.12. The number of aryl methyl sites for hydroxylation is 1. The molecular formula is C19H16ClN3O2S. The van der Waals surface area contributed by atoms with Crippen molar-refractivity contribution in [2.24, 2.45) is 0 Å². The van der Waals surface area contributed by atoms with Crippen molar-refractivity contribution in [1.29, 1.82) is 0 Å². The van der Waals surface area contributed by atoms with E-state index in [1.807, 2.05) is 37.3 Å². The molecule has 2 amide bonds. The summed E-state index contributed by atoms with van der Waals surface area (Å²) in [5.41, 5.74) is 7.19. The Hall–Kier alpha value is -2.70. The Kier molecular flexibility index (Phi) is 5.65. The molecule has 26 heavy (non-hydrogen) atoms. The van der Waals surface area contributed by atoms with Gasteiger partial charge >= 0.3 is 0 Å². The fourth-order valence-electron chi connectivity index (χ4n) is 2.28. The van der Waals surface area contributed by atoms with Gasteiger partial charge in [0.15, 0.2) is 0 Å². The number of amides is 2. The van der Waals surface area contributed by atoms with Gasteiger partial charge in [-0.05, 0) is 30.2 Å². The van der Waals surface area contributed by atoms with E-state index in [0.717, 1.165) is 17.5 Å². The molecule has 1 heterocycles. The van der Waals surface area contributed by atoms with Crippen LogP contribution in [0.25, 0.3) is 10.6 Å². The van der Waals surface area contributed by atoms with Crippen molar-refractivity contribution in [1.82, 2.24) is 15.8 Å². The van der Waals surface area contributed by atoms with E-state index in [-0.39, 0.29) is 5.91 Å². The predicted octanol–water partition coefficient (Wildman–Crippen LogP) is 4.10. The molecule has 0 bridgehead atoms. The van der Waals surface area contributed by atoms with Gasteiger partial charge in [0.1, 0.15) is 9.88 Å². The van der Waals surface area contributed by atoms with Crippen LogP contribution in [-0.2, 0) is 6.42 Å². The lowest BCUT2D eigenvalue weighted by Gasteiger charge is -2.06. The van der Waals surface area contributed by atoms with Crippen molar-refractivity contribution < 1.29 is 9.59 Å². The maximum absolute atomic E-state index is 12.2. The summed E-state index contributed by atoms with van der Waals surface area (Å²) in [6, 6.07) is 14.5. The summed E-state index contributed by atoms with van der Waals surface area (Å²) >= 11 is 7.35. The fraction of sp³-hybridized carbons (Fsp3) is 0.105. The van der Waals surface area contributed by atoms with Gasteiger partial charge in [-0.1, -0.05) is 48.9 Å². The van der Waals surface area contributed by atoms with E-state index in [1.54, 1.807) is 18.2 Å². The number of hydrazine groups is 1. The number of nitrogens with one attached hydrogen (secondary N) is 2. The van der Waals surface area contributed by atoms with Crippen LogP contribution in [0.2, 0.25) is 5.02 Å². The summed E-state index contributed by atoms with van der Waals surface area (Å²) in [7, 11) is 0. The molecule has 2 aromatic carbocycles. The SMILES string of the molecule is CCc1ccc(C(=O)NNC(=O)c2cnc(-c3ccccc3Cl)s2)cc1. The van der Waals surface area contributed by atoms with Crippen LogP contribution in [0, 0.1) is 0 Å². The molecule has 1 aromatic heterocycles. The smallest absolute Gasteiger partial charge is 0.267 e. The fourth-order valence-corrected chi connectivity index (χ4v) is 3.41. The second-order valence-electron chi connectivity index (χ2n) is 5.47. The molecule has 0 aliphatic rings. The summed E-state index contributed by atoms with van der Waals surface area (Å²) < 4.78 is 0. The maximum atomic E-state index is 12.2. The molecule has 3 aromatic rings. The third-order valence-electron chi connectivity index (χ3n) is 3.75. The van der Waals surface area contributed by atoms with Crippen molar-refractivity contribution in [3.8, 4) is 10.6 Å². The molecule has 3 rings (SSSR count). The van der Waals surface area contributed by atoms with Crippen molar-refractivity contribution >= 4 is 34.8 Å². The van der Waals surface area contributed by atoms with Crippen molar-refractivity contribution in [2.45, 2.75) is 13.3 Å². The summed E-state index contributed by atoms with van der Waals surface area (Å²) in [6.45, 7) is 2.04. The zero-order valence-electron chi connectivity index (χ0n) is 14.0. The lowest BCUT2D eigenvalue weighted by molar-refractivity contribution is 0.0849. The largest absolute Gasteiger partial charge is 0.281 e. The van der Waals surface area contributed by atoms with Gasteiger partial charge < -0.3 is 0 Å². The molecule has 0 fully saturated rings. The van der Waals surface area contributed by atoms with Crippen LogP contribution in [0.5, 0.6) is 0 Å². The number of halogens is 1. The number of rotatable bonds is 4. The van der Waals surface area contributed by atoms with Gasteiger partial charge in [0.2, 0.25) is 0 Å². The predicted molar refractivity (Wildman–Crippen MR) is 103 cm³/mol. The quantitative estimate of drug-likeness (QED) is 0.664. The summed E-state index contributed by atoms with van der Waals surface area (Å²) in [4.78, 5) is 28.9. The molecule has 2 N–H and O–H groups in total. The van der Waals surface area contributed by atoms with Gasteiger partial charge in [-0.15, -0.1) is 11.3 Å². The van der Waals surface area contributed by atoms with E-state index in [0.29, 0.717) is 20.5 Å². The molecule has 7 heteroatoms. The molecule has 0 saturated heterocycles. The minimum absolute atomic E-state index is 0.376. The molecule has 5 nitrogen and oxygen atoms in total. The number of carbonyl (C=O) groups excluding carboxylic acids is 2. The molecule has 0 aliphatic carbocycles. The summed E-state index contributed by atoms with van der Waals surface area (Å²) in [5.74, 6) is -0.809. The van der Waals surface area contributed by atoms with E-state index >= 15 is 0 Å². The molecule has 0 saturated carbocycles. The highest BCUT2D eigenvalue weighted by Crippen LogP contribution is 2.30. The molecule has 0 atom stereocenters. The van der Waals surface area contributed by atoms with E-state index in [9.17, 15) is 9.59 Å². The van der Waals surface area contributed by atoms with Gasteiger partial charge in [0.05, 0.1) is 11.2 Å². The highest BCUT2D eigenvalue weighted by Gasteiger charge is 2.14. The molecule has 132 valence electrons. The number of carbonyl (C=O) groups is 2. The Balaban J connectivity index is 1.63. The van der Waals surface area contributed by atoms with E-state index < -0.39 is 5.91 Å². The Morgan fingerprint density at radius 1 is 1.04 bits per heavy atom. The number of hydrogen-bond donors (Lipinski definition) is 2. The average Bonchev–Trinajstić information content (AvgIpc) is 3.16. The number of thiazole rings is 1. The average molecular weight is 386 g/mol. The molecule has 0 aliphatic heterocycles. The minimum Gasteiger partial charge on any atom is -0.267 e. The van der Waals surface area contributed by atoms with Crippen LogP contribution in [-0.4, -0.2) is 16.8 Å². The van der Waals surface area contributed by atoms with Crippen molar-refractivity contribution in [3.05, 3.63) is 75.8 Å². The lowest BCUT2D eigenvalue weighted by Crippen LogP contribution is -2.41. The van der Waals surface area contributed by atoms with Gasteiger partial charge in [-0.2, -0.15) is 0 Å². The van der Waals surface area contributed by atoms with E-state index in [2.05, 4.69) is 15.8 Å². The van der Waals surface area contributed by atoms with Crippen molar-refractivity contribution in [3.63, 3.8) is 0 Å². The number of benzene rings is 2. The topological polar surface area (TPSA) is 71.1 Å². The highest BCUT2D eigenvalue weighted by atomic mass is 35.5. The second-order valence-corrected chi connectivity index (χ2v) is 6.91. The van der Waals surface area contributed by atoms with Crippen LogP contribution in [0.1, 0.15) is 32.5 Å². The molecule has 0 spiro atoms. The van der Waals surface area contributed by atoms with Crippen LogP contribution < -0.4 is 10.9 Å². The normalized spacial score (nSPS) is 10.4. The number of nitrogens with zero attached hydrogens (tertiary/aromatic N) is 1. The molecule has 0 unspecified atom stereocenters. The van der Waals surface area contributed by atoms with Gasteiger partial charge in [-0.25, -0.2) is 4.98 Å². The zero-order chi connectivity index (χ0) is 18.5. The first-order valence-electron chi connectivity index (χ1n) is 7.99. The first-order chi connectivity index (χ1) is 12.6. The van der Waals surface area contributed by atoms with Crippen LogP contribution in [0.4, 0.5) is 0 Å². The zero-order valence-corrected chi connectivity index (χ0v) is 15.5. The van der Waals surface area contributed by atoms with E-state index in [4.69, 9.17) is 11.6 Å². The third kappa shape index (κ3) is 4.09. The summed E-state index contributed by atoms with van der Waals surface area (Å²) in [6.07, 6.45) is 2.36. The Labute approximate surface area is 160 Å². The monoisotopic (exact) mass is 385 g/mol. The van der Waals surface area contributed by atoms with Crippen molar-refractivity contribution in [2.75, 3.05) is 0 Å². The van der Waals surface area contributed by atoms with Gasteiger partial charge in [-0.3, -0.25) is 20.4 Å². The molecular weight excluding hydrogens is 370 g/mol. The van der Waals surface area contributed by atoms with E-state index in [1.165, 1.54) is 17.5 Å². The minimum atomic E-state index is -0.431. The van der Waals surface area contributed by atoms with Crippen LogP contribution in [0.3, 0.4) is 0 Å². The highest BCUT2D eigenvalue weighted by molar-refractivity contribution is 7.17. The standard InChI is InChI=1S/C19H16ClN3O2S/c1-2-12-7-9-13(10-8-12)17(24)22-23-18(25)16-11-21-19(26-16)14-5-3-4-6-15(14)20/h3-11H,2H2,1H3,(H,22,24)(H,23,25). The number of aromatic nitrogens is 1. The first-order valence-corrected chi connectivity index (χ1v) is 9.18. The van der Waals surface area contributed by atoms with Crippen LogP contribution >= 0.6 is 22.9 Å². The number of hydrogen-bond acceptors (Lipinski definition) is 4. The van der Waals surface area contributed by atoms with Crippen LogP contribution in [0.15, 0.2) is 54.7 Å². The Bertz CT molecular complexity index is 938. The Morgan fingerprint density at radius 3 is 2.42 bits per heavy atom. The first kappa shape index (κ1) is 18.1. The Morgan fingerprint density at radius 2 is 1.73 bits per heavy atom. The third-order valence-corrected chi connectivity index (χ3v) is 5.11. The molecule has 0 radical (unpaired) electrons. The maximum Gasteiger partial charge on any atom is 0.281 e. The summed E-state index contributed by atoms with van der Waals surface area (Å²) in [5, 5.41) is 1.21. The van der Waals surface area contributed by atoms with Gasteiger partial charge in [0.25, 0.3) is 11.8 Å².